The molecular weight excluding hydrogens is 431 g/mol. The van der Waals surface area contributed by atoms with Gasteiger partial charge in [0.05, 0.1) is 10.9 Å². The zero-order valence-corrected chi connectivity index (χ0v) is 18.6. The molecule has 2 aromatic rings. The number of benzene rings is 2. The summed E-state index contributed by atoms with van der Waals surface area (Å²) in [5.41, 5.74) is 10.4. The third-order valence-corrected chi connectivity index (χ3v) is 6.21. The van der Waals surface area contributed by atoms with Gasteiger partial charge in [-0.1, -0.05) is 23.7 Å². The lowest BCUT2D eigenvalue weighted by Crippen LogP contribution is -2.28. The molecule has 0 spiro atoms. The molecule has 1 aliphatic carbocycles. The second-order valence-corrected chi connectivity index (χ2v) is 8.44. The van der Waals surface area contributed by atoms with Crippen molar-refractivity contribution in [2.24, 2.45) is 5.73 Å². The van der Waals surface area contributed by atoms with E-state index in [9.17, 15) is 14.4 Å². The number of nitrogens with two attached hydrogens (primary N) is 1. The minimum absolute atomic E-state index is 0.0210. The average Bonchev–Trinajstić information content (AvgIpc) is 2.73. The number of hydrogen-bond acceptors (Lipinski definition) is 5. The standard InChI is InChI=1S/C25H22ClFN2O3/c1-13-8-14(2)17(9-15(13)12-31-21-7-6-16(27)10-19(21)26)23-18(11-28)25(29)32-22-5-3-4-20(30)24(22)23/h6-10,23H,3-5,12,29H2,1-2H3. The molecule has 0 saturated heterocycles. The fourth-order valence-corrected chi connectivity index (χ4v) is 4.52. The Morgan fingerprint density at radius 3 is 2.75 bits per heavy atom. The molecule has 0 fully saturated rings. The van der Waals surface area contributed by atoms with Crippen LogP contribution < -0.4 is 10.5 Å². The molecule has 4 rings (SSSR count). The van der Waals surface area contributed by atoms with E-state index in [0.717, 1.165) is 22.3 Å². The van der Waals surface area contributed by atoms with Gasteiger partial charge in [0, 0.05) is 18.4 Å². The topological polar surface area (TPSA) is 85.3 Å². The molecular formula is C25H22ClFN2O3. The van der Waals surface area contributed by atoms with Gasteiger partial charge >= 0.3 is 0 Å². The van der Waals surface area contributed by atoms with Crippen molar-refractivity contribution in [1.82, 2.24) is 0 Å². The zero-order chi connectivity index (χ0) is 23.0. The van der Waals surface area contributed by atoms with Crippen LogP contribution in [0.2, 0.25) is 5.02 Å². The number of nitrogens with zero attached hydrogens (tertiary/aromatic N) is 1. The van der Waals surface area contributed by atoms with E-state index in [0.29, 0.717) is 36.3 Å². The molecule has 164 valence electrons. The summed E-state index contributed by atoms with van der Waals surface area (Å²) in [5.74, 6) is -0.0709. The van der Waals surface area contributed by atoms with Crippen molar-refractivity contribution in [3.8, 4) is 11.8 Å². The van der Waals surface area contributed by atoms with E-state index in [2.05, 4.69) is 6.07 Å². The fraction of sp³-hybridized carbons (Fsp3) is 0.280. The summed E-state index contributed by atoms with van der Waals surface area (Å²) in [6.07, 6.45) is 1.73. The maximum absolute atomic E-state index is 13.3. The first-order valence-corrected chi connectivity index (χ1v) is 10.7. The number of carbonyl (C=O) groups excluding carboxylic acids is 1. The highest BCUT2D eigenvalue weighted by Gasteiger charge is 2.38. The van der Waals surface area contributed by atoms with E-state index in [1.54, 1.807) is 0 Å². The lowest BCUT2D eigenvalue weighted by Gasteiger charge is -2.32. The highest BCUT2D eigenvalue weighted by molar-refractivity contribution is 6.32. The van der Waals surface area contributed by atoms with Crippen LogP contribution >= 0.6 is 11.6 Å². The van der Waals surface area contributed by atoms with Crippen LogP contribution in [0.5, 0.6) is 5.75 Å². The van der Waals surface area contributed by atoms with E-state index in [-0.39, 0.29) is 28.9 Å². The predicted octanol–water partition coefficient (Wildman–Crippen LogP) is 5.49. The number of allylic oxidation sites excluding steroid dienone is 3. The van der Waals surface area contributed by atoms with Gasteiger partial charge in [0.1, 0.15) is 35.6 Å². The molecule has 1 heterocycles. The van der Waals surface area contributed by atoms with Crippen LogP contribution in [-0.2, 0) is 16.1 Å². The number of Topliss-reactive ketones (excluding diaryl/α,β-unsaturated/α-hetero) is 1. The van der Waals surface area contributed by atoms with E-state index in [1.165, 1.54) is 18.2 Å². The second kappa shape index (κ2) is 8.68. The zero-order valence-electron chi connectivity index (χ0n) is 17.8. The number of ketones is 1. The van der Waals surface area contributed by atoms with Gasteiger partial charge in [-0.25, -0.2) is 4.39 Å². The molecule has 1 unspecified atom stereocenters. The summed E-state index contributed by atoms with van der Waals surface area (Å²) < 4.78 is 24.8. The molecule has 2 aliphatic rings. The minimum atomic E-state index is -0.578. The van der Waals surface area contributed by atoms with E-state index in [1.807, 2.05) is 26.0 Å². The molecule has 1 aliphatic heterocycles. The van der Waals surface area contributed by atoms with Gasteiger partial charge in [0.25, 0.3) is 0 Å². The fourth-order valence-electron chi connectivity index (χ4n) is 4.30. The number of ether oxygens (including phenoxy) is 2. The second-order valence-electron chi connectivity index (χ2n) is 8.04. The van der Waals surface area contributed by atoms with Gasteiger partial charge in [-0.3, -0.25) is 4.79 Å². The monoisotopic (exact) mass is 452 g/mol. The van der Waals surface area contributed by atoms with Crippen molar-refractivity contribution in [1.29, 1.82) is 5.26 Å². The van der Waals surface area contributed by atoms with Crippen LogP contribution in [0.25, 0.3) is 0 Å². The quantitative estimate of drug-likeness (QED) is 0.662. The molecule has 0 bridgehead atoms. The Kier molecular flexibility index (Phi) is 5.94. The first-order chi connectivity index (χ1) is 15.3. The molecule has 0 saturated carbocycles. The number of rotatable bonds is 4. The molecule has 0 amide bonds. The highest BCUT2D eigenvalue weighted by Crippen LogP contribution is 2.44. The van der Waals surface area contributed by atoms with Crippen LogP contribution in [0.15, 0.2) is 53.1 Å². The first kappa shape index (κ1) is 21.9. The summed E-state index contributed by atoms with van der Waals surface area (Å²) in [6, 6.07) is 10.0. The smallest absolute Gasteiger partial charge is 0.205 e. The lowest BCUT2D eigenvalue weighted by atomic mass is 9.75. The van der Waals surface area contributed by atoms with Gasteiger partial charge in [0.2, 0.25) is 5.88 Å². The largest absolute Gasteiger partial charge is 0.487 e. The first-order valence-electron chi connectivity index (χ1n) is 10.3. The Hall–Kier alpha value is -3.30. The number of halogens is 2. The Labute approximate surface area is 190 Å². The number of nitriles is 1. The van der Waals surface area contributed by atoms with Crippen molar-refractivity contribution in [2.45, 2.75) is 45.6 Å². The molecule has 0 aromatic heterocycles. The summed E-state index contributed by atoms with van der Waals surface area (Å²) in [5, 5.41) is 10.0. The lowest BCUT2D eigenvalue weighted by molar-refractivity contribution is -0.116. The van der Waals surface area contributed by atoms with Crippen molar-refractivity contribution in [3.63, 3.8) is 0 Å². The van der Waals surface area contributed by atoms with Gasteiger partial charge in [-0.2, -0.15) is 5.26 Å². The maximum atomic E-state index is 13.3. The van der Waals surface area contributed by atoms with Crippen LogP contribution in [0.3, 0.4) is 0 Å². The van der Waals surface area contributed by atoms with E-state index >= 15 is 0 Å². The average molecular weight is 453 g/mol. The maximum Gasteiger partial charge on any atom is 0.205 e. The predicted molar refractivity (Wildman–Crippen MR) is 118 cm³/mol. The van der Waals surface area contributed by atoms with Gasteiger partial charge in [0.15, 0.2) is 5.78 Å². The highest BCUT2D eigenvalue weighted by atomic mass is 35.5. The SMILES string of the molecule is Cc1cc(C)c(C2C(C#N)=C(N)OC3=C2C(=O)CCC3)cc1COc1ccc(F)cc1Cl. The summed E-state index contributed by atoms with van der Waals surface area (Å²) >= 11 is 6.08. The van der Waals surface area contributed by atoms with Gasteiger partial charge < -0.3 is 15.2 Å². The number of aryl methyl sites for hydroxylation is 2. The molecule has 5 nitrogen and oxygen atoms in total. The molecule has 32 heavy (non-hydrogen) atoms. The minimum Gasteiger partial charge on any atom is -0.487 e. The third kappa shape index (κ3) is 3.96. The Morgan fingerprint density at radius 1 is 1.25 bits per heavy atom. The summed E-state index contributed by atoms with van der Waals surface area (Å²) in [6.45, 7) is 4.09. The molecule has 2 N–H and O–H groups in total. The van der Waals surface area contributed by atoms with Crippen LogP contribution in [-0.4, -0.2) is 5.78 Å². The van der Waals surface area contributed by atoms with Crippen molar-refractivity contribution in [3.05, 3.63) is 86.2 Å². The Bertz CT molecular complexity index is 1230. The summed E-state index contributed by atoms with van der Waals surface area (Å²) in [4.78, 5) is 12.8. The Morgan fingerprint density at radius 2 is 2.03 bits per heavy atom. The number of carbonyl (C=O) groups is 1. The van der Waals surface area contributed by atoms with Gasteiger partial charge in [-0.05, 0) is 60.7 Å². The van der Waals surface area contributed by atoms with Crippen molar-refractivity contribution < 1.29 is 18.7 Å². The molecule has 2 aromatic carbocycles. The van der Waals surface area contributed by atoms with E-state index in [4.69, 9.17) is 26.8 Å². The summed E-state index contributed by atoms with van der Waals surface area (Å²) in [7, 11) is 0. The number of hydrogen-bond donors (Lipinski definition) is 1. The Balaban J connectivity index is 1.75. The van der Waals surface area contributed by atoms with Crippen LogP contribution in [0.4, 0.5) is 4.39 Å². The molecule has 7 heteroatoms. The molecule has 1 atom stereocenters. The van der Waals surface area contributed by atoms with Crippen molar-refractivity contribution >= 4 is 17.4 Å². The van der Waals surface area contributed by atoms with Crippen LogP contribution in [0, 0.1) is 31.0 Å². The molecule has 0 radical (unpaired) electrons. The van der Waals surface area contributed by atoms with Crippen LogP contribution in [0.1, 0.15) is 47.4 Å². The van der Waals surface area contributed by atoms with Gasteiger partial charge in [-0.15, -0.1) is 0 Å². The van der Waals surface area contributed by atoms with E-state index < -0.39 is 11.7 Å². The van der Waals surface area contributed by atoms with Crippen molar-refractivity contribution in [2.75, 3.05) is 0 Å². The third-order valence-electron chi connectivity index (χ3n) is 5.92. The normalized spacial score (nSPS) is 18.2.